The van der Waals surface area contributed by atoms with E-state index in [1.165, 1.54) is 25.7 Å². The summed E-state index contributed by atoms with van der Waals surface area (Å²) in [6.07, 6.45) is 8.67. The number of nitrogens with one attached hydrogen (secondary N) is 3. The number of fused-ring (bicyclic) bond motifs is 1. The Kier molecular flexibility index (Phi) is 11.4. The molecule has 0 saturated carbocycles. The van der Waals surface area contributed by atoms with Crippen molar-refractivity contribution in [3.05, 3.63) is 41.2 Å². The van der Waals surface area contributed by atoms with Crippen molar-refractivity contribution in [2.45, 2.75) is 103 Å². The van der Waals surface area contributed by atoms with Crippen LogP contribution in [-0.4, -0.2) is 112 Å². The van der Waals surface area contributed by atoms with Gasteiger partial charge >= 0.3 is 0 Å². The molecule has 6 rings (SSSR count). The minimum atomic E-state index is -0.666. The third kappa shape index (κ3) is 9.08. The summed E-state index contributed by atoms with van der Waals surface area (Å²) >= 11 is 0. The fourth-order valence-corrected chi connectivity index (χ4v) is 7.50. The number of carbonyl (C=O) groups excluding carboxylic acids is 2. The van der Waals surface area contributed by atoms with Crippen LogP contribution in [0.25, 0.3) is 0 Å². The number of carbonyl (C=O) groups is 2. The Bertz CT molecular complexity index is 1340. The van der Waals surface area contributed by atoms with Gasteiger partial charge in [0.15, 0.2) is 12.2 Å². The number of pyridine rings is 1. The molecule has 4 aliphatic rings. The van der Waals surface area contributed by atoms with Gasteiger partial charge in [-0.2, -0.15) is 0 Å². The molecule has 3 saturated heterocycles. The Labute approximate surface area is 277 Å². The van der Waals surface area contributed by atoms with E-state index in [1.54, 1.807) is 6.92 Å². The first-order chi connectivity index (χ1) is 22.8. The lowest BCUT2D eigenvalue weighted by molar-refractivity contribution is -0.130. The first-order valence-corrected chi connectivity index (χ1v) is 17.5. The van der Waals surface area contributed by atoms with E-state index >= 15 is 0 Å². The largest absolute Gasteiger partial charge is 0.469 e. The van der Waals surface area contributed by atoms with Crippen LogP contribution in [0, 0.1) is 12.8 Å². The van der Waals surface area contributed by atoms with Gasteiger partial charge < -0.3 is 24.5 Å². The van der Waals surface area contributed by atoms with E-state index in [4.69, 9.17) is 14.1 Å². The van der Waals surface area contributed by atoms with Crippen LogP contribution < -0.4 is 20.7 Å². The maximum absolute atomic E-state index is 13.5. The monoisotopic (exact) mass is 652 g/mol. The van der Waals surface area contributed by atoms with Crippen molar-refractivity contribution in [1.29, 1.82) is 0 Å². The van der Waals surface area contributed by atoms with Gasteiger partial charge in [0.25, 0.3) is 0 Å². The summed E-state index contributed by atoms with van der Waals surface area (Å²) in [5.74, 6) is 1.28. The molecule has 4 unspecified atom stereocenters. The van der Waals surface area contributed by atoms with E-state index in [0.717, 1.165) is 75.4 Å². The SMILES string of the molecule is CC(=O)N1CCC(NC2CC(C(=O)NCC(O)CN3CCc4nc(OCc5ocnc5C)ccc4C3)CC(N3CCCCC3)N2)CC1. The summed E-state index contributed by atoms with van der Waals surface area (Å²) in [4.78, 5) is 40.7. The molecule has 6 heterocycles. The number of β-amino-alcohol motifs (C(OH)–C–C–N with tert-alkyl or cyclic N) is 1. The maximum Gasteiger partial charge on any atom is 0.223 e. The van der Waals surface area contributed by atoms with Crippen LogP contribution >= 0.6 is 0 Å². The van der Waals surface area contributed by atoms with Crippen molar-refractivity contribution >= 4 is 11.8 Å². The Balaban J connectivity index is 0.973. The van der Waals surface area contributed by atoms with Gasteiger partial charge in [0.1, 0.15) is 6.61 Å². The Morgan fingerprint density at radius 3 is 2.68 bits per heavy atom. The number of piperidine rings is 3. The summed E-state index contributed by atoms with van der Waals surface area (Å²) in [6, 6.07) is 4.23. The predicted molar refractivity (Wildman–Crippen MR) is 175 cm³/mol. The molecule has 2 aromatic heterocycles. The van der Waals surface area contributed by atoms with Crippen molar-refractivity contribution in [3.8, 4) is 5.88 Å². The summed E-state index contributed by atoms with van der Waals surface area (Å²) in [5, 5.41) is 21.6. The molecule has 13 heteroatoms. The van der Waals surface area contributed by atoms with Crippen LogP contribution in [0.4, 0.5) is 0 Å². The van der Waals surface area contributed by atoms with E-state index < -0.39 is 6.10 Å². The number of amides is 2. The van der Waals surface area contributed by atoms with E-state index in [0.29, 0.717) is 37.2 Å². The number of aliphatic hydroxyl groups excluding tert-OH is 1. The fraction of sp³-hybridized carbons (Fsp3) is 0.706. The molecule has 2 aromatic rings. The minimum Gasteiger partial charge on any atom is -0.469 e. The van der Waals surface area contributed by atoms with Crippen LogP contribution in [0.3, 0.4) is 0 Å². The van der Waals surface area contributed by atoms with Crippen LogP contribution in [0.15, 0.2) is 22.9 Å². The van der Waals surface area contributed by atoms with E-state index in [-0.39, 0.29) is 43.2 Å². The van der Waals surface area contributed by atoms with Crippen molar-refractivity contribution in [3.63, 3.8) is 0 Å². The van der Waals surface area contributed by atoms with Crippen LogP contribution in [0.1, 0.15) is 74.6 Å². The third-order valence-corrected chi connectivity index (χ3v) is 10.3. The molecule has 2 amide bonds. The van der Waals surface area contributed by atoms with Crippen LogP contribution in [0.5, 0.6) is 5.88 Å². The molecule has 4 N–H and O–H groups in total. The molecule has 0 spiro atoms. The van der Waals surface area contributed by atoms with E-state index in [2.05, 4.69) is 30.7 Å². The highest BCUT2D eigenvalue weighted by atomic mass is 16.5. The first-order valence-electron chi connectivity index (χ1n) is 17.5. The number of likely N-dealkylation sites (tertiary alicyclic amines) is 2. The molecule has 0 bridgehead atoms. The fourth-order valence-electron chi connectivity index (χ4n) is 7.50. The first kappa shape index (κ1) is 33.8. The van der Waals surface area contributed by atoms with Crippen molar-refractivity contribution in [1.82, 2.24) is 40.6 Å². The van der Waals surface area contributed by atoms with Gasteiger partial charge in [0, 0.05) is 70.6 Å². The number of aryl methyl sites for hydroxylation is 1. The number of aliphatic hydroxyl groups is 1. The standard InChI is InChI=1S/C34H52N8O5/c1-23-30(47-22-36-23)21-46-33-7-6-25-19-40(13-10-29(25)38-33)20-28(44)18-35-34(45)26-16-31(37-27-8-14-41(15-9-27)24(2)43)39-32(17-26)42-11-4-3-5-12-42/h6-7,22,26-28,31-32,37,39,44H,3-5,8-21H2,1-2H3,(H,35,45). The lowest BCUT2D eigenvalue weighted by Crippen LogP contribution is -2.63. The lowest BCUT2D eigenvalue weighted by atomic mass is 9.90. The van der Waals surface area contributed by atoms with Gasteiger partial charge in [-0.3, -0.25) is 30.0 Å². The second-order valence-corrected chi connectivity index (χ2v) is 13.7. The van der Waals surface area contributed by atoms with Crippen molar-refractivity contribution < 1.29 is 23.8 Å². The van der Waals surface area contributed by atoms with Crippen LogP contribution in [0.2, 0.25) is 0 Å². The van der Waals surface area contributed by atoms with Crippen LogP contribution in [-0.2, 0) is 29.2 Å². The highest BCUT2D eigenvalue weighted by Gasteiger charge is 2.37. The summed E-state index contributed by atoms with van der Waals surface area (Å²) in [5.41, 5.74) is 2.95. The summed E-state index contributed by atoms with van der Waals surface area (Å²) in [7, 11) is 0. The highest BCUT2D eigenvalue weighted by molar-refractivity contribution is 5.78. The molecule has 4 aliphatic heterocycles. The van der Waals surface area contributed by atoms with Gasteiger partial charge in [0.2, 0.25) is 17.7 Å². The van der Waals surface area contributed by atoms with Crippen molar-refractivity contribution in [2.75, 3.05) is 45.8 Å². The Morgan fingerprint density at radius 2 is 1.94 bits per heavy atom. The zero-order valence-corrected chi connectivity index (χ0v) is 28.0. The second kappa shape index (κ2) is 15.9. The zero-order chi connectivity index (χ0) is 32.8. The molecular weight excluding hydrogens is 600 g/mol. The number of aromatic nitrogens is 2. The average molecular weight is 653 g/mol. The number of hydrogen-bond acceptors (Lipinski definition) is 11. The second-order valence-electron chi connectivity index (χ2n) is 13.7. The van der Waals surface area contributed by atoms with E-state index in [9.17, 15) is 14.7 Å². The zero-order valence-electron chi connectivity index (χ0n) is 28.0. The topological polar surface area (TPSA) is 148 Å². The molecule has 3 fully saturated rings. The quantitative estimate of drug-likeness (QED) is 0.280. The molecule has 47 heavy (non-hydrogen) atoms. The smallest absolute Gasteiger partial charge is 0.223 e. The van der Waals surface area contributed by atoms with Gasteiger partial charge in [0.05, 0.1) is 29.8 Å². The van der Waals surface area contributed by atoms with E-state index in [1.807, 2.05) is 24.0 Å². The third-order valence-electron chi connectivity index (χ3n) is 10.3. The van der Waals surface area contributed by atoms with Gasteiger partial charge in [-0.05, 0) is 64.1 Å². The molecule has 0 aliphatic carbocycles. The van der Waals surface area contributed by atoms with Gasteiger partial charge in [-0.25, -0.2) is 9.97 Å². The molecule has 0 aromatic carbocycles. The van der Waals surface area contributed by atoms with Crippen molar-refractivity contribution in [2.24, 2.45) is 5.92 Å². The molecule has 13 nitrogen and oxygen atoms in total. The maximum atomic E-state index is 13.5. The lowest BCUT2D eigenvalue weighted by Gasteiger charge is -2.44. The molecule has 4 atom stereocenters. The summed E-state index contributed by atoms with van der Waals surface area (Å²) < 4.78 is 11.2. The number of hydrogen-bond donors (Lipinski definition) is 4. The Hall–Kier alpha value is -3.10. The Morgan fingerprint density at radius 1 is 1.13 bits per heavy atom. The highest BCUT2D eigenvalue weighted by Crippen LogP contribution is 2.26. The number of oxazole rings is 1. The summed E-state index contributed by atoms with van der Waals surface area (Å²) in [6.45, 7) is 9.65. The number of ether oxygens (including phenoxy) is 1. The average Bonchev–Trinajstić information content (AvgIpc) is 3.50. The van der Waals surface area contributed by atoms with Gasteiger partial charge in [-0.15, -0.1) is 0 Å². The number of rotatable bonds is 11. The number of nitrogens with zero attached hydrogens (tertiary/aromatic N) is 5. The molecule has 258 valence electrons. The predicted octanol–water partition coefficient (Wildman–Crippen LogP) is 1.53. The minimum absolute atomic E-state index is 0.0204. The van der Waals surface area contributed by atoms with Gasteiger partial charge in [-0.1, -0.05) is 12.5 Å². The molecular formula is C34H52N8O5. The normalized spacial score (nSPS) is 25.3. The molecule has 0 radical (unpaired) electrons.